The van der Waals surface area contributed by atoms with E-state index in [0.29, 0.717) is 6.54 Å². The number of hydrogen-bond acceptors (Lipinski definition) is 4. The van der Waals surface area contributed by atoms with Crippen LogP contribution in [0.15, 0.2) is 0 Å². The zero-order valence-corrected chi connectivity index (χ0v) is 7.62. The van der Waals surface area contributed by atoms with E-state index < -0.39 is 6.10 Å². The monoisotopic (exact) mass is 177 g/mol. The molecule has 0 aromatic heterocycles. The number of ether oxygens (including phenoxy) is 1. The largest absolute Gasteiger partial charge is 0.394 e. The number of aliphatic hydroxyl groups excluding tert-OH is 2. The fraction of sp³-hybridized carbons (Fsp3) is 1.00. The van der Waals surface area contributed by atoms with Gasteiger partial charge in [0.2, 0.25) is 0 Å². The quantitative estimate of drug-likeness (QED) is 0.431. The van der Waals surface area contributed by atoms with Crippen molar-refractivity contribution in [1.82, 2.24) is 5.32 Å². The zero-order chi connectivity index (χ0) is 9.23. The Morgan fingerprint density at radius 3 is 2.83 bits per heavy atom. The molecule has 0 rings (SSSR count). The van der Waals surface area contributed by atoms with Crippen LogP contribution >= 0.6 is 0 Å². The Labute approximate surface area is 73.5 Å². The van der Waals surface area contributed by atoms with Crippen molar-refractivity contribution in [1.29, 1.82) is 0 Å². The molecule has 0 saturated carbocycles. The second kappa shape index (κ2) is 8.93. The average Bonchev–Trinajstić information content (AvgIpc) is 2.10. The van der Waals surface area contributed by atoms with Crippen molar-refractivity contribution in [3.8, 4) is 0 Å². The first-order valence-electron chi connectivity index (χ1n) is 4.38. The van der Waals surface area contributed by atoms with Crippen molar-refractivity contribution in [3.05, 3.63) is 0 Å². The summed E-state index contributed by atoms with van der Waals surface area (Å²) in [6.07, 6.45) is 0.295. The van der Waals surface area contributed by atoms with Gasteiger partial charge < -0.3 is 20.3 Å². The average molecular weight is 177 g/mol. The molecule has 0 spiro atoms. The second-order valence-electron chi connectivity index (χ2n) is 2.59. The highest BCUT2D eigenvalue weighted by atomic mass is 16.5. The number of nitrogens with one attached hydrogen (secondary N) is 1. The van der Waals surface area contributed by atoms with Crippen molar-refractivity contribution < 1.29 is 14.9 Å². The van der Waals surface area contributed by atoms with Gasteiger partial charge in [-0.1, -0.05) is 0 Å². The lowest BCUT2D eigenvalue weighted by molar-refractivity contribution is 0.0930. The van der Waals surface area contributed by atoms with E-state index in [9.17, 15) is 0 Å². The fourth-order valence-corrected chi connectivity index (χ4v) is 0.777. The summed E-state index contributed by atoms with van der Waals surface area (Å²) in [5, 5.41) is 20.4. The highest BCUT2D eigenvalue weighted by Gasteiger charge is 1.98. The van der Waals surface area contributed by atoms with Crippen LogP contribution in [0.2, 0.25) is 0 Å². The highest BCUT2D eigenvalue weighted by Crippen LogP contribution is 1.81. The van der Waals surface area contributed by atoms with Gasteiger partial charge in [-0.2, -0.15) is 0 Å². The summed E-state index contributed by atoms with van der Waals surface area (Å²) in [5.41, 5.74) is 0. The Morgan fingerprint density at radius 1 is 1.50 bits per heavy atom. The van der Waals surface area contributed by atoms with Crippen LogP contribution in [0.25, 0.3) is 0 Å². The first-order chi connectivity index (χ1) is 5.81. The molecule has 4 nitrogen and oxygen atoms in total. The van der Waals surface area contributed by atoms with Gasteiger partial charge in [0.05, 0.1) is 12.7 Å². The predicted molar refractivity (Wildman–Crippen MR) is 47.1 cm³/mol. The number of hydrogen-bond donors (Lipinski definition) is 3. The van der Waals surface area contributed by atoms with Crippen LogP contribution in [0.4, 0.5) is 0 Å². The highest BCUT2D eigenvalue weighted by molar-refractivity contribution is 4.56. The van der Waals surface area contributed by atoms with Crippen molar-refractivity contribution in [2.75, 3.05) is 32.9 Å². The third-order valence-electron chi connectivity index (χ3n) is 1.44. The maximum atomic E-state index is 8.92. The Hall–Kier alpha value is -0.160. The number of aliphatic hydroxyl groups is 2. The lowest BCUT2D eigenvalue weighted by Crippen LogP contribution is -2.30. The summed E-state index contributed by atoms with van der Waals surface area (Å²) in [4.78, 5) is 0. The van der Waals surface area contributed by atoms with Gasteiger partial charge in [0.25, 0.3) is 0 Å². The Bertz CT molecular complexity index is 90.4. The van der Waals surface area contributed by atoms with E-state index in [0.717, 1.165) is 26.2 Å². The molecular weight excluding hydrogens is 158 g/mol. The van der Waals surface area contributed by atoms with E-state index in [1.807, 2.05) is 6.92 Å². The van der Waals surface area contributed by atoms with Crippen molar-refractivity contribution in [3.63, 3.8) is 0 Å². The lowest BCUT2D eigenvalue weighted by Gasteiger charge is -2.08. The molecule has 0 heterocycles. The van der Waals surface area contributed by atoms with Crippen molar-refractivity contribution in [2.45, 2.75) is 19.4 Å². The van der Waals surface area contributed by atoms with Crippen LogP contribution in [-0.2, 0) is 4.74 Å². The molecule has 1 atom stereocenters. The van der Waals surface area contributed by atoms with Crippen LogP contribution in [0.5, 0.6) is 0 Å². The second-order valence-corrected chi connectivity index (χ2v) is 2.59. The van der Waals surface area contributed by atoms with E-state index >= 15 is 0 Å². The van der Waals surface area contributed by atoms with Gasteiger partial charge in [-0.15, -0.1) is 0 Å². The van der Waals surface area contributed by atoms with Gasteiger partial charge in [-0.05, 0) is 19.9 Å². The SMILES string of the molecule is CCOCCCNC[C@H](O)CO. The van der Waals surface area contributed by atoms with Gasteiger partial charge in [0.15, 0.2) is 0 Å². The minimum absolute atomic E-state index is 0.182. The molecule has 0 radical (unpaired) electrons. The third kappa shape index (κ3) is 7.94. The minimum atomic E-state index is -0.642. The molecule has 74 valence electrons. The van der Waals surface area contributed by atoms with Gasteiger partial charge in [-0.3, -0.25) is 0 Å². The molecule has 0 amide bonds. The zero-order valence-electron chi connectivity index (χ0n) is 7.62. The molecule has 0 aromatic carbocycles. The Morgan fingerprint density at radius 2 is 2.25 bits per heavy atom. The molecule has 0 saturated heterocycles. The lowest BCUT2D eigenvalue weighted by atomic mass is 10.3. The summed E-state index contributed by atoms with van der Waals surface area (Å²) in [6, 6.07) is 0. The maximum Gasteiger partial charge on any atom is 0.0894 e. The molecule has 3 N–H and O–H groups in total. The van der Waals surface area contributed by atoms with E-state index in [1.165, 1.54) is 0 Å². The smallest absolute Gasteiger partial charge is 0.0894 e. The molecule has 4 heteroatoms. The molecule has 0 aromatic rings. The molecule has 0 fully saturated rings. The number of rotatable bonds is 8. The summed E-state index contributed by atoms with van der Waals surface area (Å²) < 4.78 is 5.11. The Balaban J connectivity index is 2.90. The molecule has 0 aliphatic rings. The van der Waals surface area contributed by atoms with Gasteiger partial charge in [-0.25, -0.2) is 0 Å². The van der Waals surface area contributed by atoms with Crippen LogP contribution in [0.3, 0.4) is 0 Å². The van der Waals surface area contributed by atoms with E-state index in [2.05, 4.69) is 5.32 Å². The molecule has 12 heavy (non-hydrogen) atoms. The Kier molecular flexibility index (Phi) is 8.81. The molecule has 0 aliphatic heterocycles. The first kappa shape index (κ1) is 11.8. The summed E-state index contributed by atoms with van der Waals surface area (Å²) in [7, 11) is 0. The molecule has 0 unspecified atom stereocenters. The van der Waals surface area contributed by atoms with Gasteiger partial charge in [0, 0.05) is 19.8 Å². The standard InChI is InChI=1S/C8H19NO3/c1-2-12-5-3-4-9-6-8(11)7-10/h8-11H,2-7H2,1H3/t8-/m0/s1. The van der Waals surface area contributed by atoms with Gasteiger partial charge in [0.1, 0.15) is 0 Å². The fourth-order valence-electron chi connectivity index (χ4n) is 0.777. The van der Waals surface area contributed by atoms with Crippen LogP contribution < -0.4 is 5.32 Å². The molecular formula is C8H19NO3. The molecule has 0 aliphatic carbocycles. The van der Waals surface area contributed by atoms with Gasteiger partial charge >= 0.3 is 0 Å². The maximum absolute atomic E-state index is 8.92. The topological polar surface area (TPSA) is 61.7 Å². The normalized spacial score (nSPS) is 13.2. The van der Waals surface area contributed by atoms with E-state index in [1.54, 1.807) is 0 Å². The third-order valence-corrected chi connectivity index (χ3v) is 1.44. The van der Waals surface area contributed by atoms with Crippen molar-refractivity contribution >= 4 is 0 Å². The minimum Gasteiger partial charge on any atom is -0.394 e. The summed E-state index contributed by atoms with van der Waals surface area (Å²) in [6.45, 7) is 4.54. The van der Waals surface area contributed by atoms with E-state index in [4.69, 9.17) is 14.9 Å². The summed E-state index contributed by atoms with van der Waals surface area (Å²) >= 11 is 0. The van der Waals surface area contributed by atoms with Crippen LogP contribution in [0.1, 0.15) is 13.3 Å². The van der Waals surface area contributed by atoms with E-state index in [-0.39, 0.29) is 6.61 Å². The van der Waals surface area contributed by atoms with Crippen LogP contribution in [0, 0.1) is 0 Å². The van der Waals surface area contributed by atoms with Crippen LogP contribution in [-0.4, -0.2) is 49.2 Å². The van der Waals surface area contributed by atoms with Crippen molar-refractivity contribution in [2.24, 2.45) is 0 Å². The molecule has 0 bridgehead atoms. The summed E-state index contributed by atoms with van der Waals surface area (Å²) in [5.74, 6) is 0. The predicted octanol–water partition coefficient (Wildman–Crippen LogP) is -0.644. The first-order valence-corrected chi connectivity index (χ1v) is 4.38.